The van der Waals surface area contributed by atoms with E-state index in [0.29, 0.717) is 18.4 Å². The summed E-state index contributed by atoms with van der Waals surface area (Å²) in [6, 6.07) is 17.1. The zero-order chi connectivity index (χ0) is 19.5. The lowest BCUT2D eigenvalue weighted by Crippen LogP contribution is -2.13. The number of aliphatic carboxylic acids is 1. The average Bonchev–Trinajstić information content (AvgIpc) is 2.69. The fourth-order valence-electron chi connectivity index (χ4n) is 2.68. The Bertz CT molecular complexity index is 750. The summed E-state index contributed by atoms with van der Waals surface area (Å²) in [5.74, 6) is -1.43. The first-order valence-corrected chi connectivity index (χ1v) is 9.12. The molecule has 0 unspecified atom stereocenters. The zero-order valence-corrected chi connectivity index (χ0v) is 15.2. The summed E-state index contributed by atoms with van der Waals surface area (Å²) >= 11 is 0. The quantitative estimate of drug-likeness (QED) is 0.359. The summed E-state index contributed by atoms with van der Waals surface area (Å²) in [5, 5.41) is 8.54. The van der Waals surface area contributed by atoms with Gasteiger partial charge < -0.3 is 9.84 Å². The van der Waals surface area contributed by atoms with Crippen LogP contribution in [-0.2, 0) is 14.3 Å². The maximum Gasteiger partial charge on any atom is 0.306 e. The van der Waals surface area contributed by atoms with Gasteiger partial charge in [0.1, 0.15) is 0 Å². The van der Waals surface area contributed by atoms with Gasteiger partial charge in [-0.1, -0.05) is 67.4 Å². The van der Waals surface area contributed by atoms with E-state index < -0.39 is 11.9 Å². The third-order valence-corrected chi connectivity index (χ3v) is 4.20. The smallest absolute Gasteiger partial charge is 0.306 e. The van der Waals surface area contributed by atoms with Crippen molar-refractivity contribution in [1.29, 1.82) is 0 Å². The summed E-state index contributed by atoms with van der Waals surface area (Å²) in [5.41, 5.74) is 2.61. The number of carbonyl (C=O) groups is 3. The third kappa shape index (κ3) is 7.44. The summed E-state index contributed by atoms with van der Waals surface area (Å²) in [7, 11) is 0. The van der Waals surface area contributed by atoms with Gasteiger partial charge >= 0.3 is 11.9 Å². The lowest BCUT2D eigenvalue weighted by Gasteiger charge is -2.06. The van der Waals surface area contributed by atoms with Crippen molar-refractivity contribution in [3.63, 3.8) is 0 Å². The van der Waals surface area contributed by atoms with Gasteiger partial charge in [0.2, 0.25) is 0 Å². The maximum atomic E-state index is 12.1. The molecule has 0 aliphatic carbocycles. The molecule has 0 spiro atoms. The van der Waals surface area contributed by atoms with E-state index in [0.717, 1.165) is 24.0 Å². The molecule has 0 aliphatic rings. The average molecular weight is 368 g/mol. The largest absolute Gasteiger partial charge is 0.481 e. The van der Waals surface area contributed by atoms with E-state index in [1.165, 1.54) is 0 Å². The van der Waals surface area contributed by atoms with Crippen LogP contribution in [0.1, 0.15) is 48.9 Å². The Morgan fingerprint density at radius 1 is 0.741 bits per heavy atom. The summed E-state index contributed by atoms with van der Waals surface area (Å²) < 4.78 is 5.04. The molecule has 0 saturated heterocycles. The van der Waals surface area contributed by atoms with Crippen LogP contribution in [-0.4, -0.2) is 29.4 Å². The van der Waals surface area contributed by atoms with Gasteiger partial charge in [-0.25, -0.2) is 0 Å². The highest BCUT2D eigenvalue weighted by atomic mass is 16.5. The van der Waals surface area contributed by atoms with Crippen LogP contribution in [0.2, 0.25) is 0 Å². The van der Waals surface area contributed by atoms with E-state index in [4.69, 9.17) is 9.84 Å². The van der Waals surface area contributed by atoms with Crippen molar-refractivity contribution in [3.8, 4) is 11.1 Å². The Morgan fingerprint density at radius 2 is 1.33 bits per heavy atom. The molecule has 1 N–H and O–H groups in total. The van der Waals surface area contributed by atoms with Gasteiger partial charge in [0.25, 0.3) is 0 Å². The molecular formula is C22H24O5. The number of esters is 1. The van der Waals surface area contributed by atoms with Crippen molar-refractivity contribution >= 4 is 17.7 Å². The first-order valence-electron chi connectivity index (χ1n) is 9.12. The Balaban J connectivity index is 1.69. The van der Waals surface area contributed by atoms with Crippen molar-refractivity contribution in [3.05, 3.63) is 60.2 Å². The van der Waals surface area contributed by atoms with Crippen LogP contribution in [0.25, 0.3) is 11.1 Å². The number of hydrogen-bond donors (Lipinski definition) is 1. The monoisotopic (exact) mass is 368 g/mol. The molecule has 5 nitrogen and oxygen atoms in total. The molecule has 0 heterocycles. The minimum Gasteiger partial charge on any atom is -0.481 e. The zero-order valence-electron chi connectivity index (χ0n) is 15.2. The SMILES string of the molecule is O=C(O)CCCCCCC(=O)OCC(=O)c1ccc(-c2ccccc2)cc1. The molecule has 0 saturated carbocycles. The van der Waals surface area contributed by atoms with Gasteiger partial charge in [0.05, 0.1) is 0 Å². The second kappa shape index (κ2) is 10.9. The van der Waals surface area contributed by atoms with Crippen LogP contribution >= 0.6 is 0 Å². The van der Waals surface area contributed by atoms with Crippen LogP contribution in [0.15, 0.2) is 54.6 Å². The van der Waals surface area contributed by atoms with Gasteiger partial charge in [-0.15, -0.1) is 0 Å². The second-order valence-corrected chi connectivity index (χ2v) is 6.34. The van der Waals surface area contributed by atoms with Crippen LogP contribution in [0.4, 0.5) is 0 Å². The molecule has 5 heteroatoms. The third-order valence-electron chi connectivity index (χ3n) is 4.20. The van der Waals surface area contributed by atoms with Crippen molar-refractivity contribution in [2.75, 3.05) is 6.61 Å². The summed E-state index contributed by atoms with van der Waals surface area (Å²) in [6.45, 7) is -0.261. The molecule has 0 amide bonds. The number of benzene rings is 2. The molecular weight excluding hydrogens is 344 g/mol. The summed E-state index contributed by atoms with van der Waals surface area (Å²) in [6.07, 6.45) is 3.19. The van der Waals surface area contributed by atoms with Crippen LogP contribution in [0.3, 0.4) is 0 Å². The molecule has 2 aromatic carbocycles. The number of ether oxygens (including phenoxy) is 1. The second-order valence-electron chi connectivity index (χ2n) is 6.34. The normalized spacial score (nSPS) is 10.4. The van der Waals surface area contributed by atoms with E-state index >= 15 is 0 Å². The molecule has 2 rings (SSSR count). The first-order chi connectivity index (χ1) is 13.1. The molecule has 2 aromatic rings. The summed E-state index contributed by atoms with van der Waals surface area (Å²) in [4.78, 5) is 34.2. The fourth-order valence-corrected chi connectivity index (χ4v) is 2.68. The topological polar surface area (TPSA) is 80.7 Å². The Kier molecular flexibility index (Phi) is 8.23. The van der Waals surface area contributed by atoms with Crippen LogP contribution in [0, 0.1) is 0 Å². The number of carboxylic acid groups (broad SMARTS) is 1. The van der Waals surface area contributed by atoms with Crippen molar-refractivity contribution in [2.24, 2.45) is 0 Å². The molecule has 0 radical (unpaired) electrons. The number of carboxylic acids is 1. The Labute approximate surface area is 159 Å². The Hall–Kier alpha value is -2.95. The number of carbonyl (C=O) groups excluding carboxylic acids is 2. The maximum absolute atomic E-state index is 12.1. The molecule has 142 valence electrons. The predicted octanol–water partition coefficient (Wildman–Crippen LogP) is 4.50. The number of hydrogen-bond acceptors (Lipinski definition) is 4. The lowest BCUT2D eigenvalue weighted by atomic mass is 10.0. The lowest BCUT2D eigenvalue weighted by molar-refractivity contribution is -0.142. The highest BCUT2D eigenvalue weighted by Gasteiger charge is 2.10. The Morgan fingerprint density at radius 3 is 1.96 bits per heavy atom. The van der Waals surface area contributed by atoms with E-state index in [-0.39, 0.29) is 25.2 Å². The molecule has 0 fully saturated rings. The van der Waals surface area contributed by atoms with E-state index in [9.17, 15) is 14.4 Å². The van der Waals surface area contributed by atoms with Crippen LogP contribution in [0.5, 0.6) is 0 Å². The van der Waals surface area contributed by atoms with Crippen molar-refractivity contribution in [1.82, 2.24) is 0 Å². The van der Waals surface area contributed by atoms with Crippen molar-refractivity contribution < 1.29 is 24.2 Å². The highest BCUT2D eigenvalue weighted by molar-refractivity contribution is 5.98. The van der Waals surface area contributed by atoms with E-state index in [1.54, 1.807) is 12.1 Å². The van der Waals surface area contributed by atoms with E-state index in [2.05, 4.69) is 0 Å². The molecule has 27 heavy (non-hydrogen) atoms. The number of unbranched alkanes of at least 4 members (excludes halogenated alkanes) is 3. The standard InChI is InChI=1S/C22H24O5/c23-20(16-27-22(26)11-7-2-1-6-10-21(24)25)19-14-12-18(13-15-19)17-8-4-3-5-9-17/h3-5,8-9,12-15H,1-2,6-7,10-11,16H2,(H,24,25). The number of rotatable bonds is 11. The van der Waals surface area contributed by atoms with Gasteiger partial charge in [-0.05, 0) is 24.0 Å². The van der Waals surface area contributed by atoms with Gasteiger partial charge in [-0.3, -0.25) is 14.4 Å². The molecule has 0 aromatic heterocycles. The number of ketones is 1. The van der Waals surface area contributed by atoms with Gasteiger partial charge in [-0.2, -0.15) is 0 Å². The molecule has 0 bridgehead atoms. The number of Topliss-reactive ketones (excluding diaryl/α,β-unsaturated/α-hetero) is 1. The van der Waals surface area contributed by atoms with Gasteiger partial charge in [0.15, 0.2) is 12.4 Å². The van der Waals surface area contributed by atoms with Crippen molar-refractivity contribution in [2.45, 2.75) is 38.5 Å². The molecule has 0 atom stereocenters. The minimum absolute atomic E-state index is 0.155. The fraction of sp³-hybridized carbons (Fsp3) is 0.318. The van der Waals surface area contributed by atoms with Crippen LogP contribution < -0.4 is 0 Å². The highest BCUT2D eigenvalue weighted by Crippen LogP contribution is 2.19. The first kappa shape index (κ1) is 20.4. The molecule has 0 aliphatic heterocycles. The predicted molar refractivity (Wildman–Crippen MR) is 103 cm³/mol. The van der Waals surface area contributed by atoms with E-state index in [1.807, 2.05) is 42.5 Å². The van der Waals surface area contributed by atoms with Gasteiger partial charge in [0, 0.05) is 18.4 Å². The minimum atomic E-state index is -0.801.